The van der Waals surface area contributed by atoms with Crippen LogP contribution in [0.25, 0.3) is 27.9 Å². The van der Waals surface area contributed by atoms with Crippen molar-refractivity contribution in [2.45, 2.75) is 33.5 Å². The maximum atomic E-state index is 12.2. The smallest absolute Gasteiger partial charge is 0.348 e. The molecule has 0 bridgehead atoms. The van der Waals surface area contributed by atoms with Gasteiger partial charge in [-0.15, -0.1) is 0 Å². The predicted octanol–water partition coefficient (Wildman–Crippen LogP) is 4.16. The highest BCUT2D eigenvalue weighted by Crippen LogP contribution is 2.34. The first kappa shape index (κ1) is 16.4. The molecular formula is C21H19NO4. The fourth-order valence-corrected chi connectivity index (χ4v) is 3.47. The van der Waals surface area contributed by atoms with Crippen molar-refractivity contribution in [3.8, 4) is 0 Å². The van der Waals surface area contributed by atoms with Crippen molar-refractivity contribution in [1.29, 1.82) is 0 Å². The van der Waals surface area contributed by atoms with Gasteiger partial charge in [-0.1, -0.05) is 18.2 Å². The lowest BCUT2D eigenvalue weighted by Gasteiger charge is -2.29. The molecule has 26 heavy (non-hydrogen) atoms. The third kappa shape index (κ3) is 2.47. The van der Waals surface area contributed by atoms with Crippen LogP contribution in [0.3, 0.4) is 0 Å². The molecule has 1 saturated heterocycles. The van der Waals surface area contributed by atoms with Crippen molar-refractivity contribution < 1.29 is 19.1 Å². The van der Waals surface area contributed by atoms with Crippen LogP contribution in [0.5, 0.6) is 0 Å². The summed E-state index contributed by atoms with van der Waals surface area (Å²) >= 11 is 0. The summed E-state index contributed by atoms with van der Waals surface area (Å²) in [5.74, 6) is -2.57. The van der Waals surface area contributed by atoms with Crippen LogP contribution in [-0.2, 0) is 19.1 Å². The number of hydrogen-bond acceptors (Lipinski definition) is 4. The minimum absolute atomic E-state index is 0.0917. The van der Waals surface area contributed by atoms with E-state index in [1.807, 2.05) is 38.1 Å². The van der Waals surface area contributed by atoms with Gasteiger partial charge in [0.25, 0.3) is 5.79 Å². The number of para-hydroxylation sites is 1. The highest BCUT2D eigenvalue weighted by atomic mass is 16.7. The molecule has 5 nitrogen and oxygen atoms in total. The zero-order chi connectivity index (χ0) is 18.6. The fraction of sp³-hybridized carbons (Fsp3) is 0.238. The number of carbonyl (C=O) groups is 2. The second kappa shape index (κ2) is 5.46. The number of benzene rings is 2. The second-order valence-corrected chi connectivity index (χ2v) is 7.07. The van der Waals surface area contributed by atoms with E-state index < -0.39 is 17.7 Å². The molecule has 1 aliphatic rings. The van der Waals surface area contributed by atoms with Gasteiger partial charge in [-0.25, -0.2) is 9.59 Å². The molecule has 0 unspecified atom stereocenters. The van der Waals surface area contributed by atoms with Gasteiger partial charge < -0.3 is 14.5 Å². The molecule has 5 heteroatoms. The first-order chi connectivity index (χ1) is 12.3. The Bertz CT molecular complexity index is 1100. The van der Waals surface area contributed by atoms with Gasteiger partial charge in [-0.3, -0.25) is 0 Å². The van der Waals surface area contributed by atoms with Crippen molar-refractivity contribution in [2.24, 2.45) is 0 Å². The zero-order valence-corrected chi connectivity index (χ0v) is 15.1. The van der Waals surface area contributed by atoms with E-state index in [0.29, 0.717) is 0 Å². The number of aromatic amines is 1. The number of rotatable bonds is 1. The van der Waals surface area contributed by atoms with Crippen molar-refractivity contribution in [3.63, 3.8) is 0 Å². The van der Waals surface area contributed by atoms with E-state index in [4.69, 9.17) is 9.47 Å². The predicted molar refractivity (Wildman–Crippen MR) is 99.5 cm³/mol. The number of fused-ring (bicyclic) bond motifs is 3. The van der Waals surface area contributed by atoms with Crippen molar-refractivity contribution >= 4 is 39.8 Å². The summed E-state index contributed by atoms with van der Waals surface area (Å²) in [6.45, 7) is 7.05. The molecule has 0 amide bonds. The molecule has 0 saturated carbocycles. The van der Waals surface area contributed by atoms with E-state index in [0.717, 1.165) is 38.5 Å². The lowest BCUT2D eigenvalue weighted by Crippen LogP contribution is -2.41. The molecule has 3 aromatic rings. The summed E-state index contributed by atoms with van der Waals surface area (Å²) in [5.41, 5.74) is 4.83. The maximum Gasteiger partial charge on any atom is 0.348 e. The van der Waals surface area contributed by atoms with Crippen LogP contribution >= 0.6 is 0 Å². The molecule has 4 rings (SSSR count). The van der Waals surface area contributed by atoms with Gasteiger partial charge in [0.1, 0.15) is 5.57 Å². The van der Waals surface area contributed by atoms with Crippen molar-refractivity contribution in [2.75, 3.05) is 0 Å². The van der Waals surface area contributed by atoms with Gasteiger partial charge >= 0.3 is 11.9 Å². The summed E-state index contributed by atoms with van der Waals surface area (Å²) < 4.78 is 10.4. The fourth-order valence-electron chi connectivity index (χ4n) is 3.47. The Labute approximate surface area is 150 Å². The van der Waals surface area contributed by atoms with Crippen LogP contribution in [-0.4, -0.2) is 22.7 Å². The number of nitrogens with one attached hydrogen (secondary N) is 1. The van der Waals surface area contributed by atoms with Gasteiger partial charge in [0, 0.05) is 35.7 Å². The summed E-state index contributed by atoms with van der Waals surface area (Å²) in [6, 6.07) is 10.0. The van der Waals surface area contributed by atoms with E-state index in [1.54, 1.807) is 6.08 Å². The monoisotopic (exact) mass is 349 g/mol. The van der Waals surface area contributed by atoms with Gasteiger partial charge in [-0.2, -0.15) is 0 Å². The molecule has 0 atom stereocenters. The molecule has 1 N–H and O–H groups in total. The Hall–Kier alpha value is -3.08. The Morgan fingerprint density at radius 1 is 1.04 bits per heavy atom. The van der Waals surface area contributed by atoms with Gasteiger partial charge in [0.15, 0.2) is 0 Å². The Balaban J connectivity index is 1.93. The van der Waals surface area contributed by atoms with E-state index in [2.05, 4.69) is 11.1 Å². The average molecular weight is 349 g/mol. The Morgan fingerprint density at radius 3 is 2.38 bits per heavy atom. The Morgan fingerprint density at radius 2 is 1.69 bits per heavy atom. The lowest BCUT2D eigenvalue weighted by atomic mass is 9.97. The Kier molecular flexibility index (Phi) is 3.44. The van der Waals surface area contributed by atoms with Crippen molar-refractivity contribution in [1.82, 2.24) is 4.98 Å². The van der Waals surface area contributed by atoms with Gasteiger partial charge in [0.2, 0.25) is 0 Å². The highest BCUT2D eigenvalue weighted by Gasteiger charge is 2.39. The van der Waals surface area contributed by atoms with Crippen LogP contribution in [0.1, 0.15) is 30.5 Å². The lowest BCUT2D eigenvalue weighted by molar-refractivity contribution is -0.222. The minimum atomic E-state index is -1.24. The van der Waals surface area contributed by atoms with E-state index >= 15 is 0 Å². The number of H-pyrrole nitrogens is 1. The number of carbonyl (C=O) groups excluding carboxylic acids is 2. The molecule has 0 radical (unpaired) electrons. The maximum absolute atomic E-state index is 12.2. The van der Waals surface area contributed by atoms with Crippen LogP contribution in [0.2, 0.25) is 0 Å². The topological polar surface area (TPSA) is 68.4 Å². The van der Waals surface area contributed by atoms with E-state index in [9.17, 15) is 9.59 Å². The van der Waals surface area contributed by atoms with Crippen LogP contribution < -0.4 is 0 Å². The molecular weight excluding hydrogens is 330 g/mol. The van der Waals surface area contributed by atoms with Crippen LogP contribution in [0, 0.1) is 13.8 Å². The summed E-state index contributed by atoms with van der Waals surface area (Å²) in [6.07, 6.45) is 1.56. The van der Waals surface area contributed by atoms with Gasteiger partial charge in [0.05, 0.1) is 0 Å². The normalized spacial score (nSPS) is 16.7. The molecule has 132 valence electrons. The number of aryl methyl sites for hydroxylation is 2. The third-order valence-electron chi connectivity index (χ3n) is 4.70. The summed E-state index contributed by atoms with van der Waals surface area (Å²) in [5, 5.41) is 2.20. The zero-order valence-electron chi connectivity index (χ0n) is 15.1. The first-order valence-electron chi connectivity index (χ1n) is 8.46. The number of cyclic esters (lactones) is 2. The first-order valence-corrected chi connectivity index (χ1v) is 8.46. The van der Waals surface area contributed by atoms with Gasteiger partial charge in [-0.05, 0) is 48.7 Å². The molecule has 0 aliphatic carbocycles. The number of hydrogen-bond donors (Lipinski definition) is 1. The molecule has 1 aliphatic heterocycles. The summed E-state index contributed by atoms with van der Waals surface area (Å²) in [7, 11) is 0. The third-order valence-corrected chi connectivity index (χ3v) is 4.70. The van der Waals surface area contributed by atoms with Crippen molar-refractivity contribution in [3.05, 3.63) is 52.6 Å². The number of aromatic nitrogens is 1. The SMILES string of the molecule is Cc1cc(C=C2C(=O)OC(C)(C)OC2=O)c(C)c2c1[nH]c1ccccc12. The van der Waals surface area contributed by atoms with Crippen LogP contribution in [0.15, 0.2) is 35.9 Å². The number of esters is 2. The second-order valence-electron chi connectivity index (χ2n) is 7.07. The molecule has 2 aromatic carbocycles. The van der Waals surface area contributed by atoms with E-state index in [1.165, 1.54) is 13.8 Å². The molecule has 0 spiro atoms. The molecule has 1 fully saturated rings. The van der Waals surface area contributed by atoms with E-state index in [-0.39, 0.29) is 5.57 Å². The molecule has 2 heterocycles. The highest BCUT2D eigenvalue weighted by molar-refractivity contribution is 6.19. The largest absolute Gasteiger partial charge is 0.419 e. The number of ether oxygens (including phenoxy) is 2. The minimum Gasteiger partial charge on any atom is -0.419 e. The molecule has 1 aromatic heterocycles. The quantitative estimate of drug-likeness (QED) is 0.407. The average Bonchev–Trinajstić information content (AvgIpc) is 2.94. The summed E-state index contributed by atoms with van der Waals surface area (Å²) in [4.78, 5) is 27.9. The van der Waals surface area contributed by atoms with Crippen LogP contribution in [0.4, 0.5) is 0 Å². The standard InChI is InChI=1S/C21H19NO4/c1-11-9-13(10-15-19(23)25-21(3,4)26-20(15)24)12(2)17-14-7-5-6-8-16(14)22-18(11)17/h5-10,22H,1-4H3.